The van der Waals surface area contributed by atoms with Gasteiger partial charge in [-0.15, -0.1) is 0 Å². The fourth-order valence-electron chi connectivity index (χ4n) is 2.36. The molecule has 2 nitrogen and oxygen atoms in total. The number of hydrogen-bond donors (Lipinski definition) is 2. The highest BCUT2D eigenvalue weighted by atomic mass is 16.3. The topological polar surface area (TPSA) is 40.5 Å². The molecule has 108 valence electrons. The number of hydrogen-bond acceptors (Lipinski definition) is 2. The standard InChI is InChI=1S/C17H20O2.CH4/c1-11-9-14(10-12(2)16(11)19)17(3,4)13-5-7-15(18)8-6-13;/h5-10,18-19H,1-4H3;1H4. The summed E-state index contributed by atoms with van der Waals surface area (Å²) in [5, 5.41) is 19.3. The zero-order valence-corrected chi connectivity index (χ0v) is 11.9. The van der Waals surface area contributed by atoms with Crippen LogP contribution in [0, 0.1) is 13.8 Å². The molecule has 0 radical (unpaired) electrons. The Bertz CT molecular complexity index is 572. The lowest BCUT2D eigenvalue weighted by Gasteiger charge is -2.27. The van der Waals surface area contributed by atoms with Crippen LogP contribution >= 0.6 is 0 Å². The summed E-state index contributed by atoms with van der Waals surface area (Å²) >= 11 is 0. The Labute approximate surface area is 121 Å². The molecule has 0 spiro atoms. The van der Waals surface area contributed by atoms with Crippen LogP contribution in [0.3, 0.4) is 0 Å². The van der Waals surface area contributed by atoms with Gasteiger partial charge in [0.2, 0.25) is 0 Å². The predicted molar refractivity (Wildman–Crippen MR) is 84.5 cm³/mol. The summed E-state index contributed by atoms with van der Waals surface area (Å²) in [5.41, 5.74) is 3.90. The molecule has 2 aromatic rings. The van der Waals surface area contributed by atoms with Crippen LogP contribution in [0.25, 0.3) is 0 Å². The minimum atomic E-state index is -0.170. The molecular formula is C18H24O2. The third kappa shape index (κ3) is 2.79. The van der Waals surface area contributed by atoms with Crippen molar-refractivity contribution in [1.82, 2.24) is 0 Å². The monoisotopic (exact) mass is 272 g/mol. The second-order valence-electron chi connectivity index (χ2n) is 5.63. The van der Waals surface area contributed by atoms with Gasteiger partial charge in [0.25, 0.3) is 0 Å². The first-order valence-electron chi connectivity index (χ1n) is 6.42. The zero-order valence-electron chi connectivity index (χ0n) is 11.9. The number of aromatic hydroxyl groups is 2. The van der Waals surface area contributed by atoms with Crippen molar-refractivity contribution in [3.05, 3.63) is 58.7 Å². The maximum Gasteiger partial charge on any atom is 0.121 e. The maximum absolute atomic E-state index is 9.87. The van der Waals surface area contributed by atoms with Crippen molar-refractivity contribution in [3.63, 3.8) is 0 Å². The van der Waals surface area contributed by atoms with Gasteiger partial charge in [0.05, 0.1) is 0 Å². The van der Waals surface area contributed by atoms with E-state index in [2.05, 4.69) is 13.8 Å². The maximum atomic E-state index is 9.87. The number of benzene rings is 2. The van der Waals surface area contributed by atoms with Gasteiger partial charge >= 0.3 is 0 Å². The van der Waals surface area contributed by atoms with Crippen LogP contribution in [-0.2, 0) is 5.41 Å². The molecule has 0 atom stereocenters. The van der Waals surface area contributed by atoms with Gasteiger partial charge in [-0.25, -0.2) is 0 Å². The van der Waals surface area contributed by atoms with Crippen LogP contribution < -0.4 is 0 Å². The average molecular weight is 272 g/mol. The van der Waals surface area contributed by atoms with Crippen molar-refractivity contribution >= 4 is 0 Å². The molecule has 2 aromatic carbocycles. The Balaban J connectivity index is 0.00000200. The van der Waals surface area contributed by atoms with Crippen LogP contribution in [0.2, 0.25) is 0 Å². The Kier molecular flexibility index (Phi) is 4.49. The number of phenolic OH excluding ortho intramolecular Hbond substituents is 2. The van der Waals surface area contributed by atoms with Gasteiger partial charge in [-0.05, 0) is 48.2 Å². The van der Waals surface area contributed by atoms with Crippen LogP contribution in [0.1, 0.15) is 43.5 Å². The van der Waals surface area contributed by atoms with E-state index >= 15 is 0 Å². The highest BCUT2D eigenvalue weighted by Gasteiger charge is 2.24. The molecule has 2 heteroatoms. The predicted octanol–water partition coefficient (Wildman–Crippen LogP) is 4.68. The fourth-order valence-corrected chi connectivity index (χ4v) is 2.36. The molecule has 0 saturated heterocycles. The van der Waals surface area contributed by atoms with Crippen molar-refractivity contribution < 1.29 is 10.2 Å². The first kappa shape index (κ1) is 16.1. The summed E-state index contributed by atoms with van der Waals surface area (Å²) in [6, 6.07) is 11.3. The van der Waals surface area contributed by atoms with Gasteiger partial charge in [0, 0.05) is 5.41 Å². The van der Waals surface area contributed by atoms with E-state index in [0.29, 0.717) is 5.75 Å². The van der Waals surface area contributed by atoms with Gasteiger partial charge < -0.3 is 10.2 Å². The SMILES string of the molecule is C.Cc1cc(C(C)(C)c2ccc(O)cc2)cc(C)c1O. The van der Waals surface area contributed by atoms with E-state index < -0.39 is 0 Å². The molecule has 0 amide bonds. The van der Waals surface area contributed by atoms with E-state index in [1.807, 2.05) is 38.1 Å². The molecular weight excluding hydrogens is 248 g/mol. The molecule has 0 unspecified atom stereocenters. The van der Waals surface area contributed by atoms with E-state index in [0.717, 1.165) is 22.3 Å². The van der Waals surface area contributed by atoms with Crippen molar-refractivity contribution in [2.24, 2.45) is 0 Å². The van der Waals surface area contributed by atoms with Crippen molar-refractivity contribution in [2.45, 2.75) is 40.5 Å². The van der Waals surface area contributed by atoms with Crippen LogP contribution in [0.15, 0.2) is 36.4 Å². The highest BCUT2D eigenvalue weighted by Crippen LogP contribution is 2.35. The van der Waals surface area contributed by atoms with Gasteiger partial charge in [0.15, 0.2) is 0 Å². The molecule has 0 aromatic heterocycles. The molecule has 0 heterocycles. The van der Waals surface area contributed by atoms with E-state index in [1.54, 1.807) is 12.1 Å². The normalized spacial score (nSPS) is 11.0. The van der Waals surface area contributed by atoms with Crippen molar-refractivity contribution in [1.29, 1.82) is 0 Å². The van der Waals surface area contributed by atoms with Crippen LogP contribution in [-0.4, -0.2) is 10.2 Å². The average Bonchev–Trinajstić information content (AvgIpc) is 2.35. The molecule has 0 aliphatic rings. The molecule has 0 bridgehead atoms. The lowest BCUT2D eigenvalue weighted by Crippen LogP contribution is -2.19. The molecule has 2 N–H and O–H groups in total. The third-order valence-electron chi connectivity index (χ3n) is 3.80. The first-order chi connectivity index (χ1) is 8.82. The summed E-state index contributed by atoms with van der Waals surface area (Å²) in [4.78, 5) is 0. The Hall–Kier alpha value is -1.96. The summed E-state index contributed by atoms with van der Waals surface area (Å²) in [5.74, 6) is 0.642. The van der Waals surface area contributed by atoms with Crippen molar-refractivity contribution in [3.8, 4) is 11.5 Å². The fraction of sp³-hybridized carbons (Fsp3) is 0.333. The van der Waals surface area contributed by atoms with E-state index in [-0.39, 0.29) is 18.6 Å². The smallest absolute Gasteiger partial charge is 0.121 e. The largest absolute Gasteiger partial charge is 0.508 e. The highest BCUT2D eigenvalue weighted by molar-refractivity contribution is 5.48. The molecule has 2 rings (SSSR count). The van der Waals surface area contributed by atoms with Gasteiger partial charge in [-0.3, -0.25) is 0 Å². The van der Waals surface area contributed by atoms with Crippen LogP contribution in [0.5, 0.6) is 11.5 Å². The second-order valence-corrected chi connectivity index (χ2v) is 5.63. The quantitative estimate of drug-likeness (QED) is 0.833. The van der Waals surface area contributed by atoms with Crippen molar-refractivity contribution in [2.75, 3.05) is 0 Å². The lowest BCUT2D eigenvalue weighted by molar-refractivity contribution is 0.465. The summed E-state index contributed by atoms with van der Waals surface area (Å²) in [6.45, 7) is 8.12. The molecule has 20 heavy (non-hydrogen) atoms. The Morgan fingerprint density at radius 2 is 1.25 bits per heavy atom. The summed E-state index contributed by atoms with van der Waals surface area (Å²) in [6.07, 6.45) is 0. The second kappa shape index (κ2) is 5.58. The van der Waals surface area contributed by atoms with Gasteiger partial charge in [-0.2, -0.15) is 0 Å². The summed E-state index contributed by atoms with van der Waals surface area (Å²) < 4.78 is 0. The lowest BCUT2D eigenvalue weighted by atomic mass is 9.77. The number of phenols is 2. The molecule has 0 fully saturated rings. The number of rotatable bonds is 2. The molecule has 0 saturated carbocycles. The Morgan fingerprint density at radius 1 is 0.800 bits per heavy atom. The molecule has 0 aliphatic carbocycles. The minimum Gasteiger partial charge on any atom is -0.508 e. The van der Waals surface area contributed by atoms with E-state index in [1.165, 1.54) is 0 Å². The number of aryl methyl sites for hydroxylation is 2. The van der Waals surface area contributed by atoms with Gasteiger partial charge in [-0.1, -0.05) is 45.5 Å². The van der Waals surface area contributed by atoms with E-state index in [9.17, 15) is 10.2 Å². The first-order valence-corrected chi connectivity index (χ1v) is 6.42. The Morgan fingerprint density at radius 3 is 1.70 bits per heavy atom. The zero-order chi connectivity index (χ0) is 14.2. The summed E-state index contributed by atoms with van der Waals surface area (Å²) in [7, 11) is 0. The van der Waals surface area contributed by atoms with Crippen LogP contribution in [0.4, 0.5) is 0 Å². The van der Waals surface area contributed by atoms with Gasteiger partial charge in [0.1, 0.15) is 11.5 Å². The van der Waals surface area contributed by atoms with E-state index in [4.69, 9.17) is 0 Å². The minimum absolute atomic E-state index is 0. The molecule has 0 aliphatic heterocycles. The third-order valence-corrected chi connectivity index (χ3v) is 3.80.